The number of hydrogen-bond donors (Lipinski definition) is 0. The second-order valence-electron chi connectivity index (χ2n) is 6.72. The van der Waals surface area contributed by atoms with E-state index in [1.165, 1.54) is 0 Å². The third kappa shape index (κ3) is 6.11. The van der Waals surface area contributed by atoms with E-state index < -0.39 is 17.9 Å². The minimum absolute atomic E-state index is 0.0139. The van der Waals surface area contributed by atoms with E-state index in [9.17, 15) is 9.59 Å². The Bertz CT molecular complexity index is 593. The molecule has 25 heavy (non-hydrogen) atoms. The number of rotatable bonds is 8. The van der Waals surface area contributed by atoms with Crippen molar-refractivity contribution in [1.82, 2.24) is 0 Å². The topological polar surface area (TPSA) is 61.8 Å². The largest absolute Gasteiger partial charge is 0.452 e. The lowest BCUT2D eigenvalue weighted by Crippen LogP contribution is -2.33. The average Bonchev–Trinajstić information content (AvgIpc) is 2.97. The molecule has 2 rings (SSSR count). The van der Waals surface area contributed by atoms with Crippen LogP contribution in [0.3, 0.4) is 0 Å². The lowest BCUT2D eigenvalue weighted by atomic mass is 10.1. The van der Waals surface area contributed by atoms with Gasteiger partial charge in [-0.2, -0.15) is 0 Å². The molecule has 3 atom stereocenters. The molecule has 0 bridgehead atoms. The Morgan fingerprint density at radius 2 is 2.08 bits per heavy atom. The number of carbonyl (C=O) groups excluding carboxylic acids is 2. The highest BCUT2D eigenvalue weighted by Crippen LogP contribution is 2.26. The summed E-state index contributed by atoms with van der Waals surface area (Å²) in [4.78, 5) is 23.0. The number of esters is 1. The lowest BCUT2D eigenvalue weighted by molar-refractivity contribution is -0.148. The molecular formula is C20H26O5. The first-order valence-electron chi connectivity index (χ1n) is 8.61. The molecule has 0 aliphatic carbocycles. The van der Waals surface area contributed by atoms with Crippen molar-refractivity contribution < 1.29 is 23.8 Å². The standard InChI is InChI=1S/C20H26O5/c1-15(13-21)9-7-8-12-17(18-14-23-20(2,3)25-18)24-19(22)16-10-5-4-6-11-16/h4-6,8,10-13,15,17-18H,7,9,14H2,1-3H3/b12-8+/t15-,17+,18+/m0/s1. The molecule has 0 N–H and O–H groups in total. The second kappa shape index (κ2) is 8.92. The van der Waals surface area contributed by atoms with E-state index in [2.05, 4.69) is 0 Å². The highest BCUT2D eigenvalue weighted by Gasteiger charge is 2.38. The van der Waals surface area contributed by atoms with Gasteiger partial charge in [0.05, 0.1) is 12.2 Å². The fourth-order valence-electron chi connectivity index (χ4n) is 2.54. The Labute approximate surface area is 149 Å². The van der Waals surface area contributed by atoms with Gasteiger partial charge in [-0.3, -0.25) is 0 Å². The first kappa shape index (κ1) is 19.3. The number of benzene rings is 1. The van der Waals surface area contributed by atoms with Crippen LogP contribution in [0.2, 0.25) is 0 Å². The van der Waals surface area contributed by atoms with Gasteiger partial charge in [-0.1, -0.05) is 31.2 Å². The van der Waals surface area contributed by atoms with Crippen LogP contribution >= 0.6 is 0 Å². The van der Waals surface area contributed by atoms with E-state index in [-0.39, 0.29) is 12.0 Å². The molecular weight excluding hydrogens is 320 g/mol. The summed E-state index contributed by atoms with van der Waals surface area (Å²) in [6, 6.07) is 8.86. The number of hydrogen-bond acceptors (Lipinski definition) is 5. The van der Waals surface area contributed by atoms with E-state index in [1.807, 2.05) is 39.0 Å². The Morgan fingerprint density at radius 3 is 2.68 bits per heavy atom. The van der Waals surface area contributed by atoms with Crippen molar-refractivity contribution in [2.75, 3.05) is 6.61 Å². The average molecular weight is 346 g/mol. The predicted molar refractivity (Wildman–Crippen MR) is 94.2 cm³/mol. The van der Waals surface area contributed by atoms with Crippen molar-refractivity contribution in [3.05, 3.63) is 48.0 Å². The van der Waals surface area contributed by atoms with Crippen molar-refractivity contribution in [2.45, 2.75) is 51.6 Å². The zero-order valence-corrected chi connectivity index (χ0v) is 15.0. The van der Waals surface area contributed by atoms with Gasteiger partial charge >= 0.3 is 5.97 Å². The monoisotopic (exact) mass is 346 g/mol. The summed E-state index contributed by atoms with van der Waals surface area (Å²) in [7, 11) is 0. The first-order valence-corrected chi connectivity index (χ1v) is 8.61. The summed E-state index contributed by atoms with van der Waals surface area (Å²) in [6.45, 7) is 5.90. The molecule has 1 aliphatic heterocycles. The highest BCUT2D eigenvalue weighted by molar-refractivity contribution is 5.89. The van der Waals surface area contributed by atoms with Crippen LogP contribution in [0.4, 0.5) is 0 Å². The number of allylic oxidation sites excluding steroid dienone is 1. The van der Waals surface area contributed by atoms with E-state index in [1.54, 1.807) is 24.3 Å². The molecule has 0 radical (unpaired) electrons. The Kier molecular flexibility index (Phi) is 6.91. The molecule has 0 aromatic heterocycles. The van der Waals surface area contributed by atoms with Crippen molar-refractivity contribution in [2.24, 2.45) is 5.92 Å². The molecule has 136 valence electrons. The predicted octanol–water partition coefficient (Wildman–Crippen LogP) is 3.53. The number of ether oxygens (including phenoxy) is 3. The lowest BCUT2D eigenvalue weighted by Gasteiger charge is -2.22. The summed E-state index contributed by atoms with van der Waals surface area (Å²) in [6.07, 6.45) is 5.29. The fourth-order valence-corrected chi connectivity index (χ4v) is 2.54. The van der Waals surface area contributed by atoms with Gasteiger partial charge in [-0.25, -0.2) is 4.79 Å². The smallest absolute Gasteiger partial charge is 0.338 e. The summed E-state index contributed by atoms with van der Waals surface area (Å²) < 4.78 is 17.1. The van der Waals surface area contributed by atoms with Crippen LogP contribution in [-0.2, 0) is 19.0 Å². The molecule has 1 aromatic rings. The molecule has 1 saturated heterocycles. The van der Waals surface area contributed by atoms with Gasteiger partial charge in [-0.15, -0.1) is 0 Å². The Morgan fingerprint density at radius 1 is 1.36 bits per heavy atom. The van der Waals surface area contributed by atoms with Gasteiger partial charge in [0, 0.05) is 5.92 Å². The maximum Gasteiger partial charge on any atom is 0.338 e. The fraction of sp³-hybridized carbons (Fsp3) is 0.500. The van der Waals surface area contributed by atoms with Crippen LogP contribution in [-0.4, -0.2) is 36.9 Å². The summed E-state index contributed by atoms with van der Waals surface area (Å²) >= 11 is 0. The maximum atomic E-state index is 12.4. The summed E-state index contributed by atoms with van der Waals surface area (Å²) in [5, 5.41) is 0. The van der Waals surface area contributed by atoms with Crippen molar-refractivity contribution in [1.29, 1.82) is 0 Å². The van der Waals surface area contributed by atoms with Gasteiger partial charge in [-0.05, 0) is 44.9 Å². The SMILES string of the molecule is C[C@H](C=O)CC/C=C/[C@@H](OC(=O)c1ccccc1)[C@H]1COC(C)(C)O1. The van der Waals surface area contributed by atoms with Crippen molar-refractivity contribution >= 4 is 12.3 Å². The molecule has 1 aliphatic rings. The molecule has 0 unspecified atom stereocenters. The maximum absolute atomic E-state index is 12.4. The van der Waals surface area contributed by atoms with Crippen molar-refractivity contribution in [3.8, 4) is 0 Å². The quantitative estimate of drug-likeness (QED) is 0.409. The Hall–Kier alpha value is -1.98. The molecule has 0 amide bonds. The molecule has 1 heterocycles. The van der Waals surface area contributed by atoms with Gasteiger partial charge in [0.25, 0.3) is 0 Å². The third-order valence-corrected chi connectivity index (χ3v) is 4.00. The minimum atomic E-state index is -0.693. The summed E-state index contributed by atoms with van der Waals surface area (Å²) in [5.74, 6) is -1.08. The molecule has 5 nitrogen and oxygen atoms in total. The second-order valence-corrected chi connectivity index (χ2v) is 6.72. The minimum Gasteiger partial charge on any atom is -0.452 e. The van der Waals surface area contributed by atoms with Crippen LogP contribution in [0.25, 0.3) is 0 Å². The van der Waals surface area contributed by atoms with E-state index in [0.717, 1.165) is 19.1 Å². The molecule has 1 fully saturated rings. The van der Waals surface area contributed by atoms with Crippen LogP contribution in [0.15, 0.2) is 42.5 Å². The molecule has 1 aromatic carbocycles. The van der Waals surface area contributed by atoms with E-state index in [0.29, 0.717) is 12.2 Å². The van der Waals surface area contributed by atoms with E-state index in [4.69, 9.17) is 14.2 Å². The molecule has 0 spiro atoms. The van der Waals surface area contributed by atoms with Crippen molar-refractivity contribution in [3.63, 3.8) is 0 Å². The zero-order valence-electron chi connectivity index (χ0n) is 15.0. The Balaban J connectivity index is 2.02. The normalized spacial score (nSPS) is 21.8. The number of aldehydes is 1. The van der Waals surface area contributed by atoms with Crippen LogP contribution in [0, 0.1) is 5.92 Å². The number of carbonyl (C=O) groups is 2. The highest BCUT2D eigenvalue weighted by atomic mass is 16.7. The summed E-state index contributed by atoms with van der Waals surface area (Å²) in [5.41, 5.74) is 0.494. The van der Waals surface area contributed by atoms with Crippen LogP contribution in [0.1, 0.15) is 44.0 Å². The van der Waals surface area contributed by atoms with Gasteiger partial charge in [0.2, 0.25) is 0 Å². The zero-order chi connectivity index (χ0) is 18.3. The van der Waals surface area contributed by atoms with Gasteiger partial charge < -0.3 is 19.0 Å². The molecule has 0 saturated carbocycles. The van der Waals surface area contributed by atoms with E-state index >= 15 is 0 Å². The van der Waals surface area contributed by atoms with Crippen LogP contribution < -0.4 is 0 Å². The van der Waals surface area contributed by atoms with Crippen LogP contribution in [0.5, 0.6) is 0 Å². The van der Waals surface area contributed by atoms with Gasteiger partial charge in [0.1, 0.15) is 18.5 Å². The van der Waals surface area contributed by atoms with Gasteiger partial charge in [0.15, 0.2) is 5.79 Å². The first-order chi connectivity index (χ1) is 11.9. The molecule has 5 heteroatoms. The third-order valence-electron chi connectivity index (χ3n) is 4.00.